The van der Waals surface area contributed by atoms with E-state index in [9.17, 15) is 4.79 Å². The Balaban J connectivity index is 1.49. The Morgan fingerprint density at radius 1 is 1.14 bits per heavy atom. The number of urea groups is 1. The van der Waals surface area contributed by atoms with Crippen LogP contribution in [-0.4, -0.2) is 17.6 Å². The van der Waals surface area contributed by atoms with Gasteiger partial charge in [0.25, 0.3) is 0 Å². The van der Waals surface area contributed by atoms with Gasteiger partial charge in [0, 0.05) is 23.7 Å². The summed E-state index contributed by atoms with van der Waals surface area (Å²) in [5.41, 5.74) is 1.72. The normalized spacial score (nSPS) is 10.6. The smallest absolute Gasteiger partial charge is 0.319 e. The topological polar surface area (TPSA) is 54.0 Å². The van der Waals surface area contributed by atoms with Gasteiger partial charge < -0.3 is 10.6 Å². The van der Waals surface area contributed by atoms with E-state index >= 15 is 0 Å². The molecule has 0 unspecified atom stereocenters. The first-order chi connectivity index (χ1) is 10.7. The first-order valence-electron chi connectivity index (χ1n) is 6.85. The number of aromatic nitrogens is 1. The quantitative estimate of drug-likeness (QED) is 0.748. The van der Waals surface area contributed by atoms with Crippen LogP contribution in [0.1, 0.15) is 5.01 Å². The predicted molar refractivity (Wildman–Crippen MR) is 91.8 cm³/mol. The average molecular weight is 332 g/mol. The van der Waals surface area contributed by atoms with Crippen molar-refractivity contribution in [1.82, 2.24) is 10.3 Å². The van der Waals surface area contributed by atoms with Gasteiger partial charge in [-0.25, -0.2) is 9.78 Å². The van der Waals surface area contributed by atoms with Crippen LogP contribution >= 0.6 is 22.9 Å². The van der Waals surface area contributed by atoms with Crippen molar-refractivity contribution in [2.45, 2.75) is 6.42 Å². The number of nitrogens with one attached hydrogen (secondary N) is 2. The molecular weight excluding hydrogens is 318 g/mol. The van der Waals surface area contributed by atoms with Crippen LogP contribution in [0.2, 0.25) is 5.02 Å². The number of benzene rings is 2. The number of fused-ring (bicyclic) bond motifs is 1. The van der Waals surface area contributed by atoms with Gasteiger partial charge in [-0.3, -0.25) is 0 Å². The van der Waals surface area contributed by atoms with Crippen LogP contribution in [0.25, 0.3) is 10.2 Å². The van der Waals surface area contributed by atoms with Crippen molar-refractivity contribution < 1.29 is 4.79 Å². The molecule has 22 heavy (non-hydrogen) atoms. The number of thiazole rings is 1. The Kier molecular flexibility index (Phi) is 4.56. The second-order valence-electron chi connectivity index (χ2n) is 4.71. The zero-order chi connectivity index (χ0) is 15.4. The summed E-state index contributed by atoms with van der Waals surface area (Å²) >= 11 is 7.46. The summed E-state index contributed by atoms with van der Waals surface area (Å²) in [5.74, 6) is 0. The fourth-order valence-electron chi connectivity index (χ4n) is 2.02. The Labute approximate surface area is 137 Å². The number of hydrogen-bond donors (Lipinski definition) is 2. The number of nitrogens with zero attached hydrogens (tertiary/aromatic N) is 1. The predicted octanol–water partition coefficient (Wildman–Crippen LogP) is 4.31. The Bertz CT molecular complexity index is 752. The van der Waals surface area contributed by atoms with Crippen LogP contribution in [0.3, 0.4) is 0 Å². The van der Waals surface area contributed by atoms with Crippen molar-refractivity contribution in [2.75, 3.05) is 11.9 Å². The second-order valence-corrected chi connectivity index (χ2v) is 6.26. The van der Waals surface area contributed by atoms with Crippen LogP contribution in [0.4, 0.5) is 10.5 Å². The molecule has 2 N–H and O–H groups in total. The molecule has 0 bridgehead atoms. The standard InChI is InChI=1S/C16H14ClN3OS/c17-11-5-7-12(8-6-11)19-16(21)18-10-9-15-20-13-3-1-2-4-14(13)22-15/h1-8H,9-10H2,(H2,18,19,21). The summed E-state index contributed by atoms with van der Waals surface area (Å²) in [6.07, 6.45) is 0.716. The third-order valence-corrected chi connectivity index (χ3v) is 4.41. The van der Waals surface area contributed by atoms with Gasteiger partial charge in [-0.05, 0) is 36.4 Å². The largest absolute Gasteiger partial charge is 0.337 e. The van der Waals surface area contributed by atoms with Crippen LogP contribution in [-0.2, 0) is 6.42 Å². The van der Waals surface area contributed by atoms with Crippen LogP contribution in [0.5, 0.6) is 0 Å². The first kappa shape index (κ1) is 14.8. The van der Waals surface area contributed by atoms with Gasteiger partial charge in [-0.1, -0.05) is 23.7 Å². The first-order valence-corrected chi connectivity index (χ1v) is 8.05. The van der Waals surface area contributed by atoms with E-state index in [2.05, 4.69) is 21.7 Å². The van der Waals surface area contributed by atoms with Crippen molar-refractivity contribution in [3.63, 3.8) is 0 Å². The van der Waals surface area contributed by atoms with E-state index in [1.165, 1.54) is 4.70 Å². The lowest BCUT2D eigenvalue weighted by Gasteiger charge is -2.06. The minimum atomic E-state index is -0.233. The fraction of sp³-hybridized carbons (Fsp3) is 0.125. The zero-order valence-electron chi connectivity index (χ0n) is 11.7. The molecule has 0 atom stereocenters. The maximum atomic E-state index is 11.8. The van der Waals surface area contributed by atoms with Gasteiger partial charge in [0.2, 0.25) is 0 Å². The third kappa shape index (κ3) is 3.75. The van der Waals surface area contributed by atoms with E-state index < -0.39 is 0 Å². The minimum absolute atomic E-state index is 0.233. The molecule has 6 heteroatoms. The highest BCUT2D eigenvalue weighted by atomic mass is 35.5. The Morgan fingerprint density at radius 3 is 2.68 bits per heavy atom. The lowest BCUT2D eigenvalue weighted by molar-refractivity contribution is 0.252. The highest BCUT2D eigenvalue weighted by Gasteiger charge is 2.05. The average Bonchev–Trinajstić information content (AvgIpc) is 2.92. The summed E-state index contributed by atoms with van der Waals surface area (Å²) in [4.78, 5) is 16.3. The van der Waals surface area contributed by atoms with Crippen molar-refractivity contribution in [2.24, 2.45) is 0 Å². The van der Waals surface area contributed by atoms with Crippen LogP contribution < -0.4 is 10.6 Å². The molecule has 1 heterocycles. The summed E-state index contributed by atoms with van der Waals surface area (Å²) in [6.45, 7) is 0.541. The zero-order valence-corrected chi connectivity index (χ0v) is 13.2. The third-order valence-electron chi connectivity index (χ3n) is 3.06. The second kappa shape index (κ2) is 6.77. The fourth-order valence-corrected chi connectivity index (χ4v) is 3.11. The number of carbonyl (C=O) groups excluding carboxylic acids is 1. The van der Waals surface area contributed by atoms with E-state index in [0.29, 0.717) is 23.7 Å². The molecule has 4 nitrogen and oxygen atoms in total. The molecule has 0 spiro atoms. The maximum Gasteiger partial charge on any atom is 0.319 e. The van der Waals surface area contributed by atoms with Crippen molar-refractivity contribution in [3.05, 3.63) is 58.6 Å². The van der Waals surface area contributed by atoms with Crippen LogP contribution in [0.15, 0.2) is 48.5 Å². The minimum Gasteiger partial charge on any atom is -0.337 e. The van der Waals surface area contributed by atoms with Gasteiger partial charge in [0.05, 0.1) is 15.2 Å². The number of amides is 2. The number of halogens is 1. The molecule has 2 amide bonds. The summed E-state index contributed by atoms with van der Waals surface area (Å²) in [6, 6.07) is 14.8. The van der Waals surface area contributed by atoms with Gasteiger partial charge in [-0.15, -0.1) is 11.3 Å². The van der Waals surface area contributed by atoms with Crippen molar-refractivity contribution in [1.29, 1.82) is 0 Å². The number of anilines is 1. The highest BCUT2D eigenvalue weighted by Crippen LogP contribution is 2.21. The molecule has 0 saturated heterocycles. The monoisotopic (exact) mass is 331 g/mol. The summed E-state index contributed by atoms with van der Waals surface area (Å²) < 4.78 is 1.17. The van der Waals surface area contributed by atoms with E-state index in [1.807, 2.05) is 18.2 Å². The molecule has 0 fully saturated rings. The summed E-state index contributed by atoms with van der Waals surface area (Å²) in [7, 11) is 0. The maximum absolute atomic E-state index is 11.8. The van der Waals surface area contributed by atoms with E-state index in [4.69, 9.17) is 11.6 Å². The van der Waals surface area contributed by atoms with Gasteiger partial charge in [0.1, 0.15) is 0 Å². The Hall–Kier alpha value is -2.11. The summed E-state index contributed by atoms with van der Waals surface area (Å²) in [5, 5.41) is 7.24. The number of para-hydroxylation sites is 1. The number of rotatable bonds is 4. The SMILES string of the molecule is O=C(NCCc1nc2ccccc2s1)Nc1ccc(Cl)cc1. The molecular formula is C16H14ClN3OS. The van der Waals surface area contributed by atoms with Crippen molar-refractivity contribution in [3.8, 4) is 0 Å². The molecule has 0 saturated carbocycles. The van der Waals surface area contributed by atoms with Gasteiger partial charge in [-0.2, -0.15) is 0 Å². The van der Waals surface area contributed by atoms with Gasteiger partial charge >= 0.3 is 6.03 Å². The molecule has 3 aromatic rings. The van der Waals surface area contributed by atoms with Crippen LogP contribution in [0, 0.1) is 0 Å². The van der Waals surface area contributed by atoms with E-state index in [-0.39, 0.29) is 6.03 Å². The molecule has 2 aromatic carbocycles. The van der Waals surface area contributed by atoms with Crippen molar-refractivity contribution >= 4 is 44.9 Å². The highest BCUT2D eigenvalue weighted by molar-refractivity contribution is 7.18. The molecule has 0 aliphatic carbocycles. The molecule has 3 rings (SSSR count). The lowest BCUT2D eigenvalue weighted by Crippen LogP contribution is -2.30. The van der Waals surface area contributed by atoms with Gasteiger partial charge in [0.15, 0.2) is 0 Å². The van der Waals surface area contributed by atoms with E-state index in [0.717, 1.165) is 10.5 Å². The number of carbonyl (C=O) groups is 1. The lowest BCUT2D eigenvalue weighted by atomic mass is 10.3. The number of hydrogen-bond acceptors (Lipinski definition) is 3. The molecule has 0 radical (unpaired) electrons. The molecule has 0 aliphatic rings. The Morgan fingerprint density at radius 2 is 1.91 bits per heavy atom. The van der Waals surface area contributed by atoms with E-state index in [1.54, 1.807) is 35.6 Å². The molecule has 0 aliphatic heterocycles. The molecule has 1 aromatic heterocycles. The molecule has 112 valence electrons.